The van der Waals surface area contributed by atoms with E-state index in [-0.39, 0.29) is 5.91 Å². The predicted molar refractivity (Wildman–Crippen MR) is 113 cm³/mol. The Bertz CT molecular complexity index is 1070. The molecule has 0 radical (unpaired) electrons. The lowest BCUT2D eigenvalue weighted by Crippen LogP contribution is -2.45. The minimum absolute atomic E-state index is 0.177. The largest absolute Gasteiger partial charge is 0.469 e. The van der Waals surface area contributed by atoms with Gasteiger partial charge in [0, 0.05) is 50.8 Å². The number of fused-ring (bicyclic) bond motifs is 1. The normalized spacial score (nSPS) is 17.8. The Kier molecular flexibility index (Phi) is 5.77. The van der Waals surface area contributed by atoms with Crippen molar-refractivity contribution in [2.75, 3.05) is 45.9 Å². The zero-order valence-corrected chi connectivity index (χ0v) is 17.4. The Morgan fingerprint density at radius 2 is 2.06 bits per heavy atom. The number of ether oxygens (including phenoxy) is 1. The number of hydrogen-bond donors (Lipinski definition) is 0. The second-order valence-corrected chi connectivity index (χ2v) is 7.90. The third kappa shape index (κ3) is 4.38. The molecule has 3 aromatic heterocycles. The van der Waals surface area contributed by atoms with Crippen molar-refractivity contribution in [3.05, 3.63) is 54.1 Å². The van der Waals surface area contributed by atoms with Gasteiger partial charge in [0.15, 0.2) is 5.65 Å². The van der Waals surface area contributed by atoms with E-state index in [9.17, 15) is 4.79 Å². The van der Waals surface area contributed by atoms with Gasteiger partial charge in [-0.05, 0) is 24.1 Å². The van der Waals surface area contributed by atoms with Gasteiger partial charge in [0.1, 0.15) is 17.9 Å². The molecule has 9 heteroatoms. The summed E-state index contributed by atoms with van der Waals surface area (Å²) in [5, 5.41) is 8.45. The van der Waals surface area contributed by atoms with Gasteiger partial charge in [-0.25, -0.2) is 4.98 Å². The molecule has 31 heavy (non-hydrogen) atoms. The van der Waals surface area contributed by atoms with Gasteiger partial charge in [0.05, 0.1) is 26.0 Å². The van der Waals surface area contributed by atoms with Crippen LogP contribution in [0.4, 0.5) is 0 Å². The Hall–Kier alpha value is -3.04. The highest BCUT2D eigenvalue weighted by Gasteiger charge is 2.23. The molecule has 0 spiro atoms. The highest BCUT2D eigenvalue weighted by Crippen LogP contribution is 2.25. The van der Waals surface area contributed by atoms with Crippen LogP contribution in [0.25, 0.3) is 11.2 Å². The number of carbonyl (C=O) groups excluding carboxylic acids is 1. The summed E-state index contributed by atoms with van der Waals surface area (Å²) in [6.07, 6.45) is 9.70. The van der Waals surface area contributed by atoms with Crippen molar-refractivity contribution in [3.63, 3.8) is 0 Å². The van der Waals surface area contributed by atoms with Crippen LogP contribution < -0.4 is 0 Å². The molecule has 3 aromatic rings. The zero-order chi connectivity index (χ0) is 21.0. The van der Waals surface area contributed by atoms with E-state index >= 15 is 0 Å². The fraction of sp³-hybridized carbons (Fsp3) is 0.455. The van der Waals surface area contributed by atoms with Crippen molar-refractivity contribution < 1.29 is 13.9 Å². The Morgan fingerprint density at radius 1 is 1.16 bits per heavy atom. The van der Waals surface area contributed by atoms with Crippen LogP contribution in [0.15, 0.2) is 41.4 Å². The van der Waals surface area contributed by atoms with Crippen molar-refractivity contribution >= 4 is 17.1 Å². The fourth-order valence-electron chi connectivity index (χ4n) is 4.16. The van der Waals surface area contributed by atoms with E-state index in [0.29, 0.717) is 32.8 Å². The average molecular weight is 422 g/mol. The molecule has 0 aliphatic carbocycles. The minimum Gasteiger partial charge on any atom is -0.469 e. The lowest BCUT2D eigenvalue weighted by atomic mass is 10.0. The maximum Gasteiger partial charge on any atom is 0.237 e. The molecule has 1 amide bonds. The van der Waals surface area contributed by atoms with Gasteiger partial charge in [-0.1, -0.05) is 6.08 Å². The molecular formula is C22H26N6O3. The standard InChI is InChI=1S/C22H26N6O3/c29-21(15-26-9-12-30-13-10-26)27-7-5-17(6-8-27)19-14-23-20(28-16-24-25-22(19)28)4-3-18-2-1-11-31-18/h1-2,5,11,14,16H,3-4,6-10,12-13,15H2. The molecule has 5 rings (SSSR count). The van der Waals surface area contributed by atoms with Gasteiger partial charge >= 0.3 is 0 Å². The molecule has 0 unspecified atom stereocenters. The first-order chi connectivity index (χ1) is 15.3. The maximum atomic E-state index is 12.7. The second kappa shape index (κ2) is 8.99. The van der Waals surface area contributed by atoms with Crippen LogP contribution in [0.5, 0.6) is 0 Å². The van der Waals surface area contributed by atoms with Crippen LogP contribution in [0.1, 0.15) is 23.6 Å². The molecule has 1 saturated heterocycles. The molecule has 2 aliphatic heterocycles. The first-order valence-electron chi connectivity index (χ1n) is 10.8. The topological polar surface area (TPSA) is 89.0 Å². The van der Waals surface area contributed by atoms with Crippen molar-refractivity contribution in [3.8, 4) is 0 Å². The molecule has 5 heterocycles. The molecule has 0 N–H and O–H groups in total. The van der Waals surface area contributed by atoms with Crippen LogP contribution >= 0.6 is 0 Å². The molecule has 2 aliphatic rings. The molecule has 0 saturated carbocycles. The first-order valence-corrected chi connectivity index (χ1v) is 10.8. The number of morpholine rings is 1. The maximum absolute atomic E-state index is 12.7. The molecular weight excluding hydrogens is 396 g/mol. The molecule has 1 fully saturated rings. The molecule has 9 nitrogen and oxygen atoms in total. The van der Waals surface area contributed by atoms with Gasteiger partial charge in [-0.15, -0.1) is 10.2 Å². The SMILES string of the molecule is O=C(CN1CCOCC1)N1CC=C(c2cnc(CCc3ccco3)n3cnnc23)CC1. The number of carbonyl (C=O) groups is 1. The van der Waals surface area contributed by atoms with Crippen LogP contribution in [0.3, 0.4) is 0 Å². The van der Waals surface area contributed by atoms with E-state index in [1.165, 1.54) is 5.57 Å². The number of furan rings is 1. The lowest BCUT2D eigenvalue weighted by molar-refractivity contribution is -0.133. The summed E-state index contributed by atoms with van der Waals surface area (Å²) in [7, 11) is 0. The van der Waals surface area contributed by atoms with Crippen molar-refractivity contribution in [2.24, 2.45) is 0 Å². The Labute approximate surface area is 180 Å². The predicted octanol–water partition coefficient (Wildman–Crippen LogP) is 1.45. The molecule has 0 aromatic carbocycles. The van der Waals surface area contributed by atoms with Crippen molar-refractivity contribution in [1.82, 2.24) is 29.4 Å². The lowest BCUT2D eigenvalue weighted by Gasteiger charge is -2.31. The Morgan fingerprint density at radius 3 is 2.84 bits per heavy atom. The van der Waals surface area contributed by atoms with E-state index < -0.39 is 0 Å². The molecule has 162 valence electrons. The van der Waals surface area contributed by atoms with Gasteiger partial charge in [0.2, 0.25) is 5.91 Å². The summed E-state index contributed by atoms with van der Waals surface area (Å²) in [5.74, 6) is 2.01. The summed E-state index contributed by atoms with van der Waals surface area (Å²) in [5.41, 5.74) is 2.96. The Balaban J connectivity index is 1.27. The minimum atomic E-state index is 0.177. The fourth-order valence-corrected chi connectivity index (χ4v) is 4.16. The van der Waals surface area contributed by atoms with E-state index in [4.69, 9.17) is 9.15 Å². The number of amides is 1. The van der Waals surface area contributed by atoms with E-state index in [2.05, 4.69) is 26.2 Å². The van der Waals surface area contributed by atoms with Crippen LogP contribution in [0.2, 0.25) is 0 Å². The monoisotopic (exact) mass is 422 g/mol. The van der Waals surface area contributed by atoms with Gasteiger partial charge < -0.3 is 14.1 Å². The molecule has 0 bridgehead atoms. The smallest absolute Gasteiger partial charge is 0.237 e. The van der Waals surface area contributed by atoms with E-state index in [1.807, 2.05) is 27.6 Å². The summed E-state index contributed by atoms with van der Waals surface area (Å²) in [6, 6.07) is 3.86. The molecule has 0 atom stereocenters. The van der Waals surface area contributed by atoms with Crippen LogP contribution in [-0.2, 0) is 22.4 Å². The second-order valence-electron chi connectivity index (χ2n) is 7.90. The van der Waals surface area contributed by atoms with Gasteiger partial charge in [-0.2, -0.15) is 0 Å². The van der Waals surface area contributed by atoms with Crippen LogP contribution in [-0.4, -0.2) is 81.2 Å². The summed E-state index contributed by atoms with van der Waals surface area (Å²) in [6.45, 7) is 4.83. The third-order valence-electron chi connectivity index (χ3n) is 5.95. The average Bonchev–Trinajstić information content (AvgIpc) is 3.51. The number of aryl methyl sites for hydroxylation is 2. The number of hydrogen-bond acceptors (Lipinski definition) is 7. The van der Waals surface area contributed by atoms with E-state index in [0.717, 1.165) is 55.1 Å². The van der Waals surface area contributed by atoms with Crippen LogP contribution in [0, 0.1) is 0 Å². The van der Waals surface area contributed by atoms with Gasteiger partial charge in [-0.3, -0.25) is 14.1 Å². The summed E-state index contributed by atoms with van der Waals surface area (Å²) < 4.78 is 12.7. The number of rotatable bonds is 6. The quantitative estimate of drug-likeness (QED) is 0.594. The third-order valence-corrected chi connectivity index (χ3v) is 5.95. The number of aromatic nitrogens is 4. The van der Waals surface area contributed by atoms with Crippen molar-refractivity contribution in [1.29, 1.82) is 0 Å². The number of nitrogens with zero attached hydrogens (tertiary/aromatic N) is 6. The first kappa shape index (κ1) is 19.9. The van der Waals surface area contributed by atoms with Crippen molar-refractivity contribution in [2.45, 2.75) is 19.3 Å². The highest BCUT2D eigenvalue weighted by molar-refractivity contribution is 5.81. The van der Waals surface area contributed by atoms with Gasteiger partial charge in [0.25, 0.3) is 0 Å². The van der Waals surface area contributed by atoms with E-state index in [1.54, 1.807) is 12.6 Å². The highest BCUT2D eigenvalue weighted by atomic mass is 16.5. The summed E-state index contributed by atoms with van der Waals surface area (Å²) in [4.78, 5) is 21.4. The summed E-state index contributed by atoms with van der Waals surface area (Å²) >= 11 is 0. The zero-order valence-electron chi connectivity index (χ0n) is 17.4.